The van der Waals surface area contributed by atoms with E-state index >= 15 is 0 Å². The highest BCUT2D eigenvalue weighted by molar-refractivity contribution is 14.0. The Morgan fingerprint density at radius 2 is 2.23 bits per heavy atom. The number of furan rings is 1. The van der Waals surface area contributed by atoms with Gasteiger partial charge in [0, 0.05) is 31.4 Å². The SMILES string of the molecule is CSCCN=C(NCCc1ccco1)NC1CCOC2(CCCC2)C1.I. The maximum atomic E-state index is 6.15. The third-order valence-corrected chi connectivity index (χ3v) is 5.75. The minimum absolute atomic E-state index is 0. The normalized spacial score (nSPS) is 22.2. The third kappa shape index (κ3) is 6.64. The molecule has 2 fully saturated rings. The van der Waals surface area contributed by atoms with Crippen LogP contribution in [0.1, 0.15) is 44.3 Å². The summed E-state index contributed by atoms with van der Waals surface area (Å²) < 4.78 is 11.6. The summed E-state index contributed by atoms with van der Waals surface area (Å²) in [6.45, 7) is 2.53. The predicted molar refractivity (Wildman–Crippen MR) is 120 cm³/mol. The van der Waals surface area contributed by atoms with Crippen LogP contribution in [-0.4, -0.2) is 49.3 Å². The molecule has 1 spiro atoms. The lowest BCUT2D eigenvalue weighted by molar-refractivity contribution is -0.0815. The van der Waals surface area contributed by atoms with Crippen molar-refractivity contribution >= 4 is 41.7 Å². The van der Waals surface area contributed by atoms with Crippen LogP contribution in [0.5, 0.6) is 0 Å². The molecule has 1 saturated heterocycles. The van der Waals surface area contributed by atoms with Gasteiger partial charge >= 0.3 is 0 Å². The fourth-order valence-corrected chi connectivity index (χ4v) is 4.15. The summed E-state index contributed by atoms with van der Waals surface area (Å²) in [7, 11) is 0. The maximum absolute atomic E-state index is 6.15. The summed E-state index contributed by atoms with van der Waals surface area (Å²) in [4.78, 5) is 4.74. The van der Waals surface area contributed by atoms with Gasteiger partial charge in [-0.25, -0.2) is 0 Å². The van der Waals surface area contributed by atoms with Gasteiger partial charge in [0.25, 0.3) is 0 Å². The number of aliphatic imine (C=N–C) groups is 1. The summed E-state index contributed by atoms with van der Waals surface area (Å²) in [5, 5.41) is 7.14. The van der Waals surface area contributed by atoms with E-state index in [1.807, 2.05) is 23.9 Å². The first-order valence-corrected chi connectivity index (χ1v) is 10.9. The number of thioether (sulfide) groups is 1. The van der Waals surface area contributed by atoms with Gasteiger partial charge in [0.15, 0.2) is 5.96 Å². The van der Waals surface area contributed by atoms with Crippen molar-refractivity contribution in [2.45, 2.75) is 56.6 Å². The van der Waals surface area contributed by atoms with Crippen LogP contribution in [0.15, 0.2) is 27.8 Å². The Bertz CT molecular complexity index is 533. The lowest BCUT2D eigenvalue weighted by Crippen LogP contribution is -2.51. The van der Waals surface area contributed by atoms with E-state index in [9.17, 15) is 0 Å². The minimum atomic E-state index is 0. The van der Waals surface area contributed by atoms with Crippen LogP contribution in [0, 0.1) is 0 Å². The summed E-state index contributed by atoms with van der Waals surface area (Å²) in [5.74, 6) is 2.98. The second-order valence-corrected chi connectivity index (χ2v) is 8.04. The topological polar surface area (TPSA) is 58.8 Å². The number of hydrogen-bond acceptors (Lipinski definition) is 4. The average Bonchev–Trinajstić information content (AvgIpc) is 3.28. The Labute approximate surface area is 178 Å². The molecule has 5 nitrogen and oxygen atoms in total. The van der Waals surface area contributed by atoms with Crippen molar-refractivity contribution in [2.75, 3.05) is 31.7 Å². The quantitative estimate of drug-likeness (QED) is 0.262. The van der Waals surface area contributed by atoms with Gasteiger partial charge in [-0.3, -0.25) is 4.99 Å². The largest absolute Gasteiger partial charge is 0.469 e. The summed E-state index contributed by atoms with van der Waals surface area (Å²) in [5.41, 5.74) is 0.133. The number of halogens is 1. The Hall–Kier alpha value is -0.410. The first-order chi connectivity index (χ1) is 12.3. The predicted octanol–water partition coefficient (Wildman–Crippen LogP) is 3.83. The molecule has 3 rings (SSSR count). The van der Waals surface area contributed by atoms with Crippen molar-refractivity contribution < 1.29 is 9.15 Å². The number of rotatable bonds is 7. The fraction of sp³-hybridized carbons (Fsp3) is 0.737. The Kier molecular flexibility index (Phi) is 9.63. The standard InChI is InChI=1S/C19H31N3O2S.HI/c1-25-14-11-21-18(20-10-6-17-5-4-12-23-17)22-16-7-13-24-19(15-16)8-2-3-9-19;/h4-5,12,16H,2-3,6-11,13-15H2,1H3,(H2,20,21,22);1H. The highest BCUT2D eigenvalue weighted by atomic mass is 127. The van der Waals surface area contributed by atoms with Crippen molar-refractivity contribution in [3.63, 3.8) is 0 Å². The van der Waals surface area contributed by atoms with Crippen molar-refractivity contribution in [1.29, 1.82) is 0 Å². The van der Waals surface area contributed by atoms with E-state index in [0.717, 1.165) is 56.4 Å². The van der Waals surface area contributed by atoms with Gasteiger partial charge in [-0.15, -0.1) is 24.0 Å². The van der Waals surface area contributed by atoms with Gasteiger partial charge in [-0.2, -0.15) is 11.8 Å². The van der Waals surface area contributed by atoms with Crippen LogP contribution >= 0.6 is 35.7 Å². The highest BCUT2D eigenvalue weighted by Crippen LogP contribution is 2.39. The van der Waals surface area contributed by atoms with E-state index in [2.05, 4.69) is 16.9 Å². The van der Waals surface area contributed by atoms with Gasteiger partial charge in [-0.1, -0.05) is 12.8 Å². The van der Waals surface area contributed by atoms with Crippen molar-refractivity contribution in [1.82, 2.24) is 10.6 Å². The molecule has 2 heterocycles. The molecule has 1 saturated carbocycles. The number of hydrogen-bond donors (Lipinski definition) is 2. The van der Waals surface area contributed by atoms with Gasteiger partial charge < -0.3 is 19.8 Å². The second-order valence-electron chi connectivity index (χ2n) is 7.05. The minimum Gasteiger partial charge on any atom is -0.469 e. The number of guanidine groups is 1. The van der Waals surface area contributed by atoms with Crippen LogP contribution in [0.3, 0.4) is 0 Å². The molecule has 1 aliphatic heterocycles. The van der Waals surface area contributed by atoms with Gasteiger partial charge in [0.1, 0.15) is 5.76 Å². The molecule has 0 bridgehead atoms. The molecule has 0 aromatic carbocycles. The maximum Gasteiger partial charge on any atom is 0.191 e. The molecular weight excluding hydrogens is 461 g/mol. The zero-order valence-electron chi connectivity index (χ0n) is 15.7. The molecular formula is C19H32IN3O2S. The molecule has 1 aliphatic carbocycles. The van der Waals surface area contributed by atoms with E-state index in [4.69, 9.17) is 14.1 Å². The van der Waals surface area contributed by atoms with Crippen molar-refractivity contribution in [3.05, 3.63) is 24.2 Å². The fourth-order valence-electron chi connectivity index (χ4n) is 3.87. The monoisotopic (exact) mass is 493 g/mol. The Morgan fingerprint density at radius 3 is 2.96 bits per heavy atom. The number of ether oxygens (including phenoxy) is 1. The van der Waals surface area contributed by atoms with Crippen molar-refractivity contribution in [2.24, 2.45) is 4.99 Å². The first kappa shape index (κ1) is 21.9. The molecule has 0 amide bonds. The first-order valence-electron chi connectivity index (χ1n) is 9.50. The van der Waals surface area contributed by atoms with Crippen LogP contribution in [0.4, 0.5) is 0 Å². The van der Waals surface area contributed by atoms with Gasteiger partial charge in [-0.05, 0) is 44.1 Å². The molecule has 7 heteroatoms. The molecule has 0 radical (unpaired) electrons. The van der Waals surface area contributed by atoms with E-state index in [1.54, 1.807) is 6.26 Å². The second kappa shape index (κ2) is 11.4. The Morgan fingerprint density at radius 1 is 1.38 bits per heavy atom. The summed E-state index contributed by atoms with van der Waals surface area (Å²) in [6, 6.07) is 4.41. The summed E-state index contributed by atoms with van der Waals surface area (Å²) in [6.07, 6.45) is 11.9. The molecule has 2 aliphatic rings. The molecule has 26 heavy (non-hydrogen) atoms. The molecule has 1 atom stereocenters. The molecule has 1 aromatic rings. The third-order valence-electron chi connectivity index (χ3n) is 5.16. The van der Waals surface area contributed by atoms with E-state index in [1.165, 1.54) is 25.7 Å². The smallest absolute Gasteiger partial charge is 0.191 e. The van der Waals surface area contributed by atoms with Gasteiger partial charge in [0.2, 0.25) is 0 Å². The Balaban J connectivity index is 0.00000243. The van der Waals surface area contributed by atoms with Crippen LogP contribution < -0.4 is 10.6 Å². The lowest BCUT2D eigenvalue weighted by atomic mass is 9.89. The molecule has 1 unspecified atom stereocenters. The van der Waals surface area contributed by atoms with Crippen molar-refractivity contribution in [3.8, 4) is 0 Å². The van der Waals surface area contributed by atoms with E-state index in [-0.39, 0.29) is 29.6 Å². The lowest BCUT2D eigenvalue weighted by Gasteiger charge is -2.39. The summed E-state index contributed by atoms with van der Waals surface area (Å²) >= 11 is 1.83. The van der Waals surface area contributed by atoms with Crippen LogP contribution in [0.2, 0.25) is 0 Å². The zero-order valence-corrected chi connectivity index (χ0v) is 18.8. The molecule has 148 valence electrons. The average molecular weight is 493 g/mol. The number of nitrogens with one attached hydrogen (secondary N) is 2. The number of nitrogens with zero attached hydrogens (tertiary/aromatic N) is 1. The van der Waals surface area contributed by atoms with E-state index < -0.39 is 0 Å². The molecule has 2 N–H and O–H groups in total. The zero-order chi connectivity index (χ0) is 17.4. The van der Waals surface area contributed by atoms with E-state index in [0.29, 0.717) is 6.04 Å². The van der Waals surface area contributed by atoms with Crippen LogP contribution in [0.25, 0.3) is 0 Å². The highest BCUT2D eigenvalue weighted by Gasteiger charge is 2.40. The van der Waals surface area contributed by atoms with Gasteiger partial charge in [0.05, 0.1) is 18.4 Å². The van der Waals surface area contributed by atoms with Crippen LogP contribution in [-0.2, 0) is 11.2 Å². The molecule has 1 aromatic heterocycles.